The van der Waals surface area contributed by atoms with Crippen molar-refractivity contribution in [1.82, 2.24) is 10.6 Å². The Kier molecular flexibility index (Phi) is 9.21. The molecule has 3 rings (SSSR count). The van der Waals surface area contributed by atoms with Crippen LogP contribution in [0.3, 0.4) is 0 Å². The van der Waals surface area contributed by atoms with Crippen molar-refractivity contribution in [2.24, 2.45) is 11.8 Å². The molecule has 0 aliphatic heterocycles. The molecule has 178 valence electrons. The lowest BCUT2D eigenvalue weighted by molar-refractivity contribution is -0.148. The topological polar surface area (TPSA) is 108 Å². The van der Waals surface area contributed by atoms with Crippen molar-refractivity contribution < 1.29 is 19.1 Å². The number of carbonyl (C=O) groups is 3. The van der Waals surface area contributed by atoms with Crippen molar-refractivity contribution in [3.8, 4) is 6.07 Å². The van der Waals surface area contributed by atoms with Gasteiger partial charge in [0.15, 0.2) is 0 Å². The first kappa shape index (κ1) is 25.0. The van der Waals surface area contributed by atoms with Crippen LogP contribution in [0.1, 0.15) is 48.8 Å². The number of rotatable bonds is 9. The highest BCUT2D eigenvalue weighted by molar-refractivity contribution is 6.01. The van der Waals surface area contributed by atoms with Gasteiger partial charge in [0.25, 0.3) is 0 Å². The van der Waals surface area contributed by atoms with Crippen LogP contribution in [0.2, 0.25) is 0 Å². The van der Waals surface area contributed by atoms with Gasteiger partial charge in [-0.25, -0.2) is 4.79 Å². The second-order valence-corrected chi connectivity index (χ2v) is 8.68. The average Bonchev–Trinajstić information content (AvgIpc) is 2.89. The number of methoxy groups -OCH3 is 1. The molecule has 2 aromatic rings. The summed E-state index contributed by atoms with van der Waals surface area (Å²) in [5.74, 6) is -2.45. The number of benzene rings is 2. The number of hydrogen-bond donors (Lipinski definition) is 2. The summed E-state index contributed by atoms with van der Waals surface area (Å²) in [5, 5.41) is 14.7. The van der Waals surface area contributed by atoms with E-state index in [2.05, 4.69) is 16.7 Å². The highest BCUT2D eigenvalue weighted by Gasteiger charge is 2.35. The summed E-state index contributed by atoms with van der Waals surface area (Å²) in [6.07, 6.45) is 4.93. The maximum Gasteiger partial charge on any atom is 0.328 e. The fourth-order valence-electron chi connectivity index (χ4n) is 4.38. The van der Waals surface area contributed by atoms with Crippen molar-refractivity contribution in [2.45, 2.75) is 51.1 Å². The first-order valence-electron chi connectivity index (χ1n) is 11.7. The first-order chi connectivity index (χ1) is 16.5. The van der Waals surface area contributed by atoms with E-state index in [4.69, 9.17) is 10.00 Å². The third-order valence-corrected chi connectivity index (χ3v) is 6.34. The Labute approximate surface area is 200 Å². The number of amides is 2. The zero-order valence-electron chi connectivity index (χ0n) is 19.5. The lowest BCUT2D eigenvalue weighted by atomic mass is 9.83. The van der Waals surface area contributed by atoms with Crippen LogP contribution in [-0.4, -0.2) is 30.9 Å². The first-order valence-corrected chi connectivity index (χ1v) is 11.7. The number of nitrogens with one attached hydrogen (secondary N) is 2. The van der Waals surface area contributed by atoms with Crippen molar-refractivity contribution in [3.63, 3.8) is 0 Å². The minimum atomic E-state index is -1.03. The van der Waals surface area contributed by atoms with Crippen molar-refractivity contribution in [3.05, 3.63) is 71.3 Å². The van der Waals surface area contributed by atoms with E-state index in [1.165, 1.54) is 7.11 Å². The van der Waals surface area contributed by atoms with E-state index < -0.39 is 29.7 Å². The standard InChI is InChI=1S/C27H31N3O4/c1-34-27(33)24(22-10-6-3-7-11-22)30-26(32)23(16-19-12-14-20(17-28)15-13-19)25(31)29-18-21-8-4-2-5-9-21/h2,4-5,8-9,12-15,22-24H,3,6-7,10-11,16,18H2,1H3,(H,29,31)(H,30,32)/t23-,24?/m0/s1. The van der Waals surface area contributed by atoms with Crippen LogP contribution in [0.25, 0.3) is 0 Å². The number of nitriles is 1. The van der Waals surface area contributed by atoms with Gasteiger partial charge in [-0.15, -0.1) is 0 Å². The van der Waals surface area contributed by atoms with Crippen LogP contribution in [0.15, 0.2) is 54.6 Å². The zero-order chi connectivity index (χ0) is 24.3. The molecule has 0 aromatic heterocycles. The Balaban J connectivity index is 1.77. The monoisotopic (exact) mass is 461 g/mol. The Morgan fingerprint density at radius 1 is 0.971 bits per heavy atom. The fraction of sp³-hybridized carbons (Fsp3) is 0.407. The normalized spacial score (nSPS) is 15.4. The van der Waals surface area contributed by atoms with Gasteiger partial charge in [-0.2, -0.15) is 5.26 Å². The quantitative estimate of drug-likeness (QED) is 0.440. The van der Waals surface area contributed by atoms with Gasteiger partial charge in [-0.05, 0) is 48.4 Å². The number of carbonyl (C=O) groups excluding carboxylic acids is 3. The van der Waals surface area contributed by atoms with E-state index >= 15 is 0 Å². The van der Waals surface area contributed by atoms with Crippen molar-refractivity contribution in [2.75, 3.05) is 7.11 Å². The van der Waals surface area contributed by atoms with Crippen LogP contribution in [0.4, 0.5) is 0 Å². The lowest BCUT2D eigenvalue weighted by Crippen LogP contribution is -2.51. The molecule has 7 nitrogen and oxygen atoms in total. The number of nitrogens with zero attached hydrogens (tertiary/aromatic N) is 1. The van der Waals surface area contributed by atoms with Gasteiger partial charge >= 0.3 is 5.97 Å². The highest BCUT2D eigenvalue weighted by Crippen LogP contribution is 2.27. The smallest absolute Gasteiger partial charge is 0.328 e. The van der Waals surface area contributed by atoms with E-state index in [9.17, 15) is 14.4 Å². The highest BCUT2D eigenvalue weighted by atomic mass is 16.5. The van der Waals surface area contributed by atoms with E-state index in [0.29, 0.717) is 12.1 Å². The molecule has 34 heavy (non-hydrogen) atoms. The molecule has 2 N–H and O–H groups in total. The Morgan fingerprint density at radius 2 is 1.65 bits per heavy atom. The second-order valence-electron chi connectivity index (χ2n) is 8.68. The van der Waals surface area contributed by atoms with E-state index in [-0.39, 0.29) is 12.3 Å². The predicted octanol–water partition coefficient (Wildman–Crippen LogP) is 3.27. The second kappa shape index (κ2) is 12.5. The molecule has 1 aliphatic carbocycles. The molecule has 0 heterocycles. The maximum absolute atomic E-state index is 13.4. The molecule has 2 amide bonds. The lowest BCUT2D eigenvalue weighted by Gasteiger charge is -2.30. The van der Waals surface area contributed by atoms with Gasteiger partial charge in [0, 0.05) is 6.54 Å². The SMILES string of the molecule is COC(=O)C(NC(=O)[C@@H](Cc1ccc(C#N)cc1)C(=O)NCc1ccccc1)C1CCCCC1. The van der Waals surface area contributed by atoms with Crippen LogP contribution < -0.4 is 10.6 Å². The summed E-state index contributed by atoms with van der Waals surface area (Å²) in [5.41, 5.74) is 2.17. The Bertz CT molecular complexity index is 1010. The number of hydrogen-bond acceptors (Lipinski definition) is 5. The van der Waals surface area contributed by atoms with Crippen LogP contribution in [-0.2, 0) is 32.1 Å². The molecule has 2 aromatic carbocycles. The van der Waals surface area contributed by atoms with E-state index in [0.717, 1.165) is 43.2 Å². The molecule has 7 heteroatoms. The van der Waals surface area contributed by atoms with E-state index in [1.807, 2.05) is 30.3 Å². The van der Waals surface area contributed by atoms with Gasteiger partial charge in [-0.1, -0.05) is 61.7 Å². The molecular formula is C27H31N3O4. The molecule has 1 fully saturated rings. The summed E-state index contributed by atoms with van der Waals surface area (Å²) in [7, 11) is 1.31. The summed E-state index contributed by atoms with van der Waals surface area (Å²) in [6.45, 7) is 0.292. The van der Waals surface area contributed by atoms with E-state index in [1.54, 1.807) is 24.3 Å². The van der Waals surface area contributed by atoms with Gasteiger partial charge < -0.3 is 15.4 Å². The van der Waals surface area contributed by atoms with Crippen LogP contribution >= 0.6 is 0 Å². The summed E-state index contributed by atoms with van der Waals surface area (Å²) < 4.78 is 4.97. The Hall–Kier alpha value is -3.66. The van der Waals surface area contributed by atoms with Crippen LogP contribution in [0, 0.1) is 23.2 Å². The zero-order valence-corrected chi connectivity index (χ0v) is 19.5. The molecule has 1 saturated carbocycles. The third-order valence-electron chi connectivity index (χ3n) is 6.34. The molecule has 0 bridgehead atoms. The Morgan fingerprint density at radius 3 is 2.26 bits per heavy atom. The predicted molar refractivity (Wildman–Crippen MR) is 127 cm³/mol. The molecule has 0 spiro atoms. The molecule has 0 radical (unpaired) electrons. The largest absolute Gasteiger partial charge is 0.467 e. The molecule has 0 saturated heterocycles. The minimum Gasteiger partial charge on any atom is -0.467 e. The summed E-state index contributed by atoms with van der Waals surface area (Å²) in [4.78, 5) is 39.0. The fourth-order valence-corrected chi connectivity index (χ4v) is 4.38. The maximum atomic E-state index is 13.4. The molecular weight excluding hydrogens is 430 g/mol. The number of ether oxygens (including phenoxy) is 1. The molecule has 1 aliphatic rings. The third kappa shape index (κ3) is 6.92. The summed E-state index contributed by atoms with van der Waals surface area (Å²) in [6, 6.07) is 17.5. The minimum absolute atomic E-state index is 0.00640. The van der Waals surface area contributed by atoms with Crippen molar-refractivity contribution in [1.29, 1.82) is 5.26 Å². The van der Waals surface area contributed by atoms with Gasteiger partial charge in [-0.3, -0.25) is 9.59 Å². The molecule has 2 atom stereocenters. The number of esters is 1. The van der Waals surface area contributed by atoms with Crippen LogP contribution in [0.5, 0.6) is 0 Å². The molecule has 1 unspecified atom stereocenters. The van der Waals surface area contributed by atoms with Gasteiger partial charge in [0.2, 0.25) is 11.8 Å². The average molecular weight is 462 g/mol. The summed E-state index contributed by atoms with van der Waals surface area (Å²) >= 11 is 0. The van der Waals surface area contributed by atoms with Crippen molar-refractivity contribution >= 4 is 17.8 Å². The van der Waals surface area contributed by atoms with Gasteiger partial charge in [0.1, 0.15) is 12.0 Å². The van der Waals surface area contributed by atoms with Gasteiger partial charge in [0.05, 0.1) is 18.7 Å².